The van der Waals surface area contributed by atoms with Crippen LogP contribution >= 0.6 is 0 Å². The quantitative estimate of drug-likeness (QED) is 0.697. The summed E-state index contributed by atoms with van der Waals surface area (Å²) in [5, 5.41) is 3.09. The van der Waals surface area contributed by atoms with Crippen LogP contribution in [0, 0.1) is 5.92 Å². The molecule has 1 saturated heterocycles. The molecule has 1 rings (SSSR count). The van der Waals surface area contributed by atoms with Crippen LogP contribution in [0.1, 0.15) is 32.6 Å². The van der Waals surface area contributed by atoms with Crippen molar-refractivity contribution in [2.75, 3.05) is 26.7 Å². The molecule has 0 saturated carbocycles. The molecule has 0 aromatic rings. The molecule has 0 aromatic carbocycles. The maximum absolute atomic E-state index is 11.7. The average molecular weight is 227 g/mol. The predicted octanol–water partition coefficient (Wildman–Crippen LogP) is 0.572. The van der Waals surface area contributed by atoms with Gasteiger partial charge in [-0.3, -0.25) is 4.79 Å². The molecule has 1 aliphatic rings. The molecule has 2 unspecified atom stereocenters. The summed E-state index contributed by atoms with van der Waals surface area (Å²) >= 11 is 0. The minimum atomic E-state index is 0.198. The van der Waals surface area contributed by atoms with E-state index >= 15 is 0 Å². The van der Waals surface area contributed by atoms with E-state index in [2.05, 4.69) is 24.2 Å². The number of hydrogen-bond donors (Lipinski definition) is 2. The fourth-order valence-electron chi connectivity index (χ4n) is 2.16. The second-order valence-electron chi connectivity index (χ2n) is 5.04. The van der Waals surface area contributed by atoms with Crippen LogP contribution in [0.5, 0.6) is 0 Å². The van der Waals surface area contributed by atoms with Crippen LogP contribution in [0.3, 0.4) is 0 Å². The Labute approximate surface area is 98.6 Å². The van der Waals surface area contributed by atoms with E-state index in [4.69, 9.17) is 5.73 Å². The lowest BCUT2D eigenvalue weighted by molar-refractivity contribution is -0.122. The highest BCUT2D eigenvalue weighted by molar-refractivity contribution is 5.76. The van der Waals surface area contributed by atoms with Crippen molar-refractivity contribution in [3.8, 4) is 0 Å². The first-order chi connectivity index (χ1) is 7.61. The first-order valence-corrected chi connectivity index (χ1v) is 6.29. The lowest BCUT2D eigenvalue weighted by Crippen LogP contribution is -2.36. The zero-order chi connectivity index (χ0) is 12.0. The van der Waals surface area contributed by atoms with Gasteiger partial charge in [0.05, 0.1) is 0 Å². The summed E-state index contributed by atoms with van der Waals surface area (Å²) in [5.74, 6) is 0.756. The molecule has 1 heterocycles. The van der Waals surface area contributed by atoms with Crippen molar-refractivity contribution in [1.29, 1.82) is 0 Å². The lowest BCUT2D eigenvalue weighted by Gasteiger charge is -2.14. The molecule has 1 amide bonds. The van der Waals surface area contributed by atoms with E-state index in [-0.39, 0.29) is 5.91 Å². The highest BCUT2D eigenvalue weighted by atomic mass is 16.1. The monoisotopic (exact) mass is 227 g/mol. The molecule has 4 nitrogen and oxygen atoms in total. The molecular weight excluding hydrogens is 202 g/mol. The predicted molar refractivity (Wildman–Crippen MR) is 66.1 cm³/mol. The average Bonchev–Trinajstić information content (AvgIpc) is 2.61. The Bertz CT molecular complexity index is 220. The Kier molecular flexibility index (Phi) is 5.77. The number of hydrogen-bond acceptors (Lipinski definition) is 3. The number of amides is 1. The van der Waals surface area contributed by atoms with Crippen molar-refractivity contribution in [3.63, 3.8) is 0 Å². The number of likely N-dealkylation sites (N-methyl/N-ethyl adjacent to an activating group) is 1. The van der Waals surface area contributed by atoms with Crippen molar-refractivity contribution < 1.29 is 4.79 Å². The van der Waals surface area contributed by atoms with Crippen LogP contribution in [0.2, 0.25) is 0 Å². The van der Waals surface area contributed by atoms with Gasteiger partial charge in [-0.2, -0.15) is 0 Å². The van der Waals surface area contributed by atoms with Crippen LogP contribution in [0.15, 0.2) is 0 Å². The Morgan fingerprint density at radius 3 is 2.88 bits per heavy atom. The van der Waals surface area contributed by atoms with Crippen LogP contribution in [0.4, 0.5) is 0 Å². The van der Waals surface area contributed by atoms with Gasteiger partial charge in [-0.15, -0.1) is 0 Å². The van der Waals surface area contributed by atoms with Crippen LogP contribution in [-0.4, -0.2) is 43.5 Å². The number of nitrogens with two attached hydrogens (primary N) is 1. The zero-order valence-electron chi connectivity index (χ0n) is 10.5. The summed E-state index contributed by atoms with van der Waals surface area (Å²) in [6, 6.07) is 0.363. The number of carbonyl (C=O) groups excluding carboxylic acids is 1. The van der Waals surface area contributed by atoms with E-state index in [0.717, 1.165) is 38.9 Å². The molecule has 0 aromatic heterocycles. The van der Waals surface area contributed by atoms with Gasteiger partial charge in [0.1, 0.15) is 0 Å². The fourth-order valence-corrected chi connectivity index (χ4v) is 2.16. The first kappa shape index (κ1) is 13.5. The normalized spacial score (nSPS) is 23.3. The third kappa shape index (κ3) is 4.94. The summed E-state index contributed by atoms with van der Waals surface area (Å²) in [7, 11) is 2.09. The van der Waals surface area contributed by atoms with Crippen molar-refractivity contribution in [2.24, 2.45) is 11.7 Å². The fraction of sp³-hybridized carbons (Fsp3) is 0.917. The Morgan fingerprint density at radius 2 is 2.31 bits per heavy atom. The molecule has 0 radical (unpaired) electrons. The zero-order valence-corrected chi connectivity index (χ0v) is 10.5. The smallest absolute Gasteiger partial charge is 0.220 e. The summed E-state index contributed by atoms with van der Waals surface area (Å²) in [6.45, 7) is 4.96. The van der Waals surface area contributed by atoms with Crippen LogP contribution in [0.25, 0.3) is 0 Å². The highest BCUT2D eigenvalue weighted by Gasteiger charge is 2.20. The van der Waals surface area contributed by atoms with Crippen LogP contribution < -0.4 is 11.1 Å². The number of likely N-dealkylation sites (tertiary alicyclic amines) is 1. The van der Waals surface area contributed by atoms with Crippen molar-refractivity contribution in [1.82, 2.24) is 10.2 Å². The SMILES string of the molecule is CC(CCN)CCC(=O)NC1CCN(C)C1. The summed E-state index contributed by atoms with van der Waals surface area (Å²) in [5.41, 5.74) is 5.48. The lowest BCUT2D eigenvalue weighted by atomic mass is 10.0. The molecule has 1 fully saturated rings. The van der Waals surface area contributed by atoms with Gasteiger partial charge in [-0.1, -0.05) is 6.92 Å². The topological polar surface area (TPSA) is 58.4 Å². The van der Waals surface area contributed by atoms with E-state index in [9.17, 15) is 4.79 Å². The summed E-state index contributed by atoms with van der Waals surface area (Å²) in [6.07, 6.45) is 3.69. The first-order valence-electron chi connectivity index (χ1n) is 6.29. The summed E-state index contributed by atoms with van der Waals surface area (Å²) in [4.78, 5) is 13.9. The largest absolute Gasteiger partial charge is 0.352 e. The number of nitrogens with one attached hydrogen (secondary N) is 1. The van der Waals surface area contributed by atoms with E-state index < -0.39 is 0 Å². The van der Waals surface area contributed by atoms with E-state index in [1.807, 2.05) is 0 Å². The van der Waals surface area contributed by atoms with Crippen LogP contribution in [-0.2, 0) is 4.79 Å². The highest BCUT2D eigenvalue weighted by Crippen LogP contribution is 2.10. The Hall–Kier alpha value is -0.610. The third-order valence-electron chi connectivity index (χ3n) is 3.28. The van der Waals surface area contributed by atoms with E-state index in [1.54, 1.807) is 0 Å². The molecule has 3 N–H and O–H groups in total. The van der Waals surface area contributed by atoms with Gasteiger partial charge in [0, 0.05) is 19.0 Å². The van der Waals surface area contributed by atoms with Gasteiger partial charge in [-0.05, 0) is 45.3 Å². The standard InChI is InChI=1S/C12H25N3O/c1-10(5-7-13)3-4-12(16)14-11-6-8-15(2)9-11/h10-11H,3-9,13H2,1-2H3,(H,14,16). The van der Waals surface area contributed by atoms with E-state index in [0.29, 0.717) is 18.4 Å². The Morgan fingerprint density at radius 1 is 1.56 bits per heavy atom. The number of carbonyl (C=O) groups is 1. The maximum atomic E-state index is 11.7. The summed E-state index contributed by atoms with van der Waals surface area (Å²) < 4.78 is 0. The molecule has 0 aliphatic carbocycles. The van der Waals surface area contributed by atoms with Gasteiger partial charge < -0.3 is 16.0 Å². The molecule has 0 bridgehead atoms. The van der Waals surface area contributed by atoms with Gasteiger partial charge >= 0.3 is 0 Å². The molecule has 0 spiro atoms. The molecule has 94 valence electrons. The Balaban J connectivity index is 2.11. The molecule has 1 aliphatic heterocycles. The van der Waals surface area contributed by atoms with Gasteiger partial charge in [0.2, 0.25) is 5.91 Å². The molecule has 2 atom stereocenters. The number of nitrogens with zero attached hydrogens (tertiary/aromatic N) is 1. The minimum Gasteiger partial charge on any atom is -0.352 e. The van der Waals surface area contributed by atoms with Crippen molar-refractivity contribution >= 4 is 5.91 Å². The molecular formula is C12H25N3O. The van der Waals surface area contributed by atoms with Crippen molar-refractivity contribution in [2.45, 2.75) is 38.6 Å². The minimum absolute atomic E-state index is 0.198. The third-order valence-corrected chi connectivity index (χ3v) is 3.28. The second-order valence-corrected chi connectivity index (χ2v) is 5.04. The van der Waals surface area contributed by atoms with Gasteiger partial charge in [-0.25, -0.2) is 0 Å². The molecule has 4 heteroatoms. The number of rotatable bonds is 6. The second kappa shape index (κ2) is 6.86. The van der Waals surface area contributed by atoms with Gasteiger partial charge in [0.15, 0.2) is 0 Å². The molecule has 16 heavy (non-hydrogen) atoms. The van der Waals surface area contributed by atoms with Gasteiger partial charge in [0.25, 0.3) is 0 Å². The maximum Gasteiger partial charge on any atom is 0.220 e. The van der Waals surface area contributed by atoms with E-state index in [1.165, 1.54) is 0 Å². The van der Waals surface area contributed by atoms with Crippen molar-refractivity contribution in [3.05, 3.63) is 0 Å².